The number of fused-ring (bicyclic) bond motifs is 1. The summed E-state index contributed by atoms with van der Waals surface area (Å²) < 4.78 is 34.0. The van der Waals surface area contributed by atoms with Crippen LogP contribution in [0.3, 0.4) is 0 Å². The molecule has 4 rings (SSSR count). The van der Waals surface area contributed by atoms with Crippen molar-refractivity contribution in [2.75, 3.05) is 0 Å². The van der Waals surface area contributed by atoms with Crippen LogP contribution in [0.2, 0.25) is 0 Å². The van der Waals surface area contributed by atoms with Crippen LogP contribution in [0.25, 0.3) is 22.1 Å². The first-order chi connectivity index (χ1) is 13.5. The van der Waals surface area contributed by atoms with Gasteiger partial charge in [0.15, 0.2) is 4.90 Å². The fourth-order valence-corrected chi connectivity index (χ4v) is 2.54. The van der Waals surface area contributed by atoms with Crippen LogP contribution in [0.1, 0.15) is 0 Å². The van der Waals surface area contributed by atoms with Crippen molar-refractivity contribution in [1.82, 2.24) is 0 Å². The van der Waals surface area contributed by atoms with Crippen LogP contribution in [0.4, 0.5) is 13.2 Å². The van der Waals surface area contributed by atoms with Crippen molar-refractivity contribution in [3.63, 3.8) is 0 Å². The van der Waals surface area contributed by atoms with Crippen molar-refractivity contribution >= 4 is 23.6 Å². The van der Waals surface area contributed by atoms with Crippen molar-refractivity contribution in [2.24, 2.45) is 0 Å². The molecule has 0 amide bonds. The Hall–Kier alpha value is -2.99. The number of halogens is 3. The molecule has 0 aliphatic carbocycles. The fraction of sp³-hybridized carbons (Fsp3) is 0.0455. The zero-order valence-electron chi connectivity index (χ0n) is 14.7. The highest BCUT2D eigenvalue weighted by atomic mass is 32.1. The number of benzene rings is 3. The summed E-state index contributed by atoms with van der Waals surface area (Å²) in [5.41, 5.74) is 2.84. The number of rotatable bonds is 1. The molecule has 4 aromatic rings. The number of hydrogen-bond donors (Lipinski definition) is 0. The van der Waals surface area contributed by atoms with Gasteiger partial charge in [0, 0.05) is 17.5 Å². The van der Waals surface area contributed by atoms with Gasteiger partial charge in [-0.25, -0.2) is 4.79 Å². The molecule has 0 saturated heterocycles. The van der Waals surface area contributed by atoms with Gasteiger partial charge in [0.1, 0.15) is 5.58 Å². The lowest BCUT2D eigenvalue weighted by atomic mass is 10.1. The molecule has 0 atom stereocenters. The molecule has 1 aromatic heterocycles. The Morgan fingerprint density at radius 3 is 1.68 bits per heavy atom. The molecule has 0 aliphatic rings. The zero-order valence-corrected chi connectivity index (χ0v) is 15.7. The van der Waals surface area contributed by atoms with Gasteiger partial charge in [-0.2, -0.15) is 13.2 Å². The average Bonchev–Trinajstić information content (AvgIpc) is 2.69. The maximum Gasteiger partial charge on any atom is 0.379 e. The van der Waals surface area contributed by atoms with Crippen molar-refractivity contribution in [3.05, 3.63) is 101 Å². The molecule has 6 heteroatoms. The third kappa shape index (κ3) is 7.32. The van der Waals surface area contributed by atoms with Crippen molar-refractivity contribution < 1.29 is 17.6 Å². The van der Waals surface area contributed by atoms with Crippen LogP contribution in [0.5, 0.6) is 0 Å². The van der Waals surface area contributed by atoms with Gasteiger partial charge in [0.2, 0.25) is 0 Å². The van der Waals surface area contributed by atoms with E-state index in [1.807, 2.05) is 24.3 Å². The highest BCUT2D eigenvalue weighted by molar-refractivity contribution is 7.58. The van der Waals surface area contributed by atoms with Gasteiger partial charge < -0.3 is 4.42 Å². The van der Waals surface area contributed by atoms with Crippen LogP contribution < -0.4 is 5.63 Å². The molecule has 0 unspecified atom stereocenters. The molecule has 0 N–H and O–H groups in total. The van der Waals surface area contributed by atoms with Gasteiger partial charge in [-0.1, -0.05) is 60.7 Å². The molecule has 0 bridgehead atoms. The highest BCUT2D eigenvalue weighted by Gasteiger charge is 1.98. The largest absolute Gasteiger partial charge is 0.423 e. The first-order valence-corrected chi connectivity index (χ1v) is 8.74. The normalized spacial score (nSPS) is 9.89. The standard InChI is InChI=1S/C12H10.C9H6O2S.CHF3/c1-3-7-11(8-4-1)12-9-5-2-6-10-12;10-9-4-2-6-1-3-7(12)5-8(6)11-9;2-1(3)4/h1-10H;1-5,12H;1H/p+1. The molecule has 144 valence electrons. The topological polar surface area (TPSA) is 30.2 Å². The lowest BCUT2D eigenvalue weighted by Crippen LogP contribution is -1.93. The molecule has 28 heavy (non-hydrogen) atoms. The van der Waals surface area contributed by atoms with E-state index in [-0.39, 0.29) is 5.63 Å². The minimum atomic E-state index is -3.67. The average molecular weight is 403 g/mol. The predicted molar refractivity (Wildman–Crippen MR) is 110 cm³/mol. The minimum Gasteiger partial charge on any atom is -0.423 e. The van der Waals surface area contributed by atoms with Crippen LogP contribution in [0.15, 0.2) is 105 Å². The maximum atomic E-state index is 10.8. The Labute approximate surface area is 165 Å². The summed E-state index contributed by atoms with van der Waals surface area (Å²) in [4.78, 5) is 11.7. The Bertz CT molecular complexity index is 995. The van der Waals surface area contributed by atoms with E-state index in [2.05, 4.69) is 61.2 Å². The quantitative estimate of drug-likeness (QED) is 0.302. The lowest BCUT2D eigenvalue weighted by molar-refractivity contribution is 0.00819. The molecular formula is C22H18F3O2S+. The van der Waals surface area contributed by atoms with E-state index in [1.54, 1.807) is 12.1 Å². The molecule has 0 saturated carbocycles. The number of alkyl halides is 3. The van der Waals surface area contributed by atoms with Crippen LogP contribution >= 0.6 is 0 Å². The smallest absolute Gasteiger partial charge is 0.379 e. The van der Waals surface area contributed by atoms with Gasteiger partial charge in [0.05, 0.1) is 0 Å². The first-order valence-electron chi connectivity index (χ1n) is 8.24. The Balaban J connectivity index is 0.000000169. The summed E-state index contributed by atoms with van der Waals surface area (Å²) in [5, 5.41) is 0.927. The summed E-state index contributed by atoms with van der Waals surface area (Å²) in [7, 11) is 0. The molecule has 0 aliphatic heterocycles. The molecule has 2 nitrogen and oxygen atoms in total. The summed E-state index contributed by atoms with van der Waals surface area (Å²) in [6, 6.07) is 29.5. The van der Waals surface area contributed by atoms with E-state index >= 15 is 0 Å². The van der Waals surface area contributed by atoms with Gasteiger partial charge in [-0.05, 0) is 42.0 Å². The Morgan fingerprint density at radius 2 is 1.18 bits per heavy atom. The van der Waals surface area contributed by atoms with Crippen molar-refractivity contribution in [1.29, 1.82) is 0 Å². The second-order valence-corrected chi connectivity index (χ2v) is 6.06. The zero-order chi connectivity index (χ0) is 20.4. The van der Waals surface area contributed by atoms with Gasteiger partial charge in [0.25, 0.3) is 0 Å². The van der Waals surface area contributed by atoms with Crippen molar-refractivity contribution in [3.8, 4) is 11.1 Å². The number of hydrogen-bond acceptors (Lipinski definition) is 2. The van der Waals surface area contributed by atoms with Crippen LogP contribution in [-0.4, -0.2) is 6.68 Å². The summed E-state index contributed by atoms with van der Waals surface area (Å²) in [6.45, 7) is -3.67. The van der Waals surface area contributed by atoms with Crippen molar-refractivity contribution in [2.45, 2.75) is 11.6 Å². The Kier molecular flexibility index (Phi) is 8.37. The third-order valence-electron chi connectivity index (χ3n) is 3.50. The van der Waals surface area contributed by atoms with E-state index in [0.29, 0.717) is 5.58 Å². The van der Waals surface area contributed by atoms with Gasteiger partial charge in [-0.3, -0.25) is 0 Å². The second kappa shape index (κ2) is 11.0. The fourth-order valence-electron chi connectivity index (χ4n) is 2.32. The molecule has 0 radical (unpaired) electrons. The first kappa shape index (κ1) is 21.3. The van der Waals surface area contributed by atoms with Gasteiger partial charge >= 0.3 is 12.3 Å². The summed E-state index contributed by atoms with van der Waals surface area (Å²) in [5.74, 6) is 0. The summed E-state index contributed by atoms with van der Waals surface area (Å²) in [6.07, 6.45) is 0. The van der Waals surface area contributed by atoms with E-state index in [4.69, 9.17) is 4.42 Å². The van der Waals surface area contributed by atoms with Gasteiger partial charge in [-0.15, -0.1) is 0 Å². The summed E-state index contributed by atoms with van der Waals surface area (Å²) >= 11 is 3.34. The molecule has 0 fully saturated rings. The third-order valence-corrected chi connectivity index (χ3v) is 3.82. The monoisotopic (exact) mass is 403 g/mol. The van der Waals surface area contributed by atoms with E-state index in [1.165, 1.54) is 17.2 Å². The van der Waals surface area contributed by atoms with Crippen LogP contribution in [-0.2, 0) is 12.6 Å². The predicted octanol–water partition coefficient (Wildman–Crippen LogP) is 5.70. The SMILES string of the molecule is FC(F)F.O=c1ccc2ccc([SH2+])cc2o1.c1ccc(-c2ccccc2)cc1. The Morgan fingerprint density at radius 1 is 0.714 bits per heavy atom. The van der Waals surface area contributed by atoms with E-state index < -0.39 is 6.68 Å². The molecule has 1 heterocycles. The second-order valence-electron chi connectivity index (χ2n) is 5.49. The minimum absolute atomic E-state index is 0.320. The lowest BCUT2D eigenvalue weighted by Gasteiger charge is -1.98. The molecule has 0 spiro atoms. The maximum absolute atomic E-state index is 10.8. The van der Waals surface area contributed by atoms with E-state index in [0.717, 1.165) is 10.3 Å². The van der Waals surface area contributed by atoms with Crippen LogP contribution in [0, 0.1) is 0 Å². The molecular weight excluding hydrogens is 385 g/mol. The molecule has 3 aromatic carbocycles. The highest BCUT2D eigenvalue weighted by Crippen LogP contribution is 2.17. The van der Waals surface area contributed by atoms with E-state index in [9.17, 15) is 18.0 Å².